The SMILES string of the molecule is C/C(=N\O)c1ccc(Oc2ccc(Cl)cc2)cc1. The molecule has 0 aliphatic rings. The molecule has 0 radical (unpaired) electrons. The fourth-order valence-electron chi connectivity index (χ4n) is 1.46. The summed E-state index contributed by atoms with van der Waals surface area (Å²) in [5.41, 5.74) is 1.41. The molecule has 4 heteroatoms. The Balaban J connectivity index is 2.13. The Hall–Kier alpha value is -2.00. The highest BCUT2D eigenvalue weighted by Crippen LogP contribution is 2.23. The molecule has 2 aromatic rings. The molecule has 0 spiro atoms. The van der Waals surface area contributed by atoms with Crippen LogP contribution < -0.4 is 4.74 Å². The van der Waals surface area contributed by atoms with E-state index in [0.717, 1.165) is 11.3 Å². The van der Waals surface area contributed by atoms with E-state index in [1.807, 2.05) is 24.3 Å². The van der Waals surface area contributed by atoms with E-state index in [4.69, 9.17) is 21.5 Å². The molecule has 2 aromatic carbocycles. The van der Waals surface area contributed by atoms with Gasteiger partial charge in [0.25, 0.3) is 0 Å². The Morgan fingerprint density at radius 3 is 2.00 bits per heavy atom. The van der Waals surface area contributed by atoms with Gasteiger partial charge >= 0.3 is 0 Å². The maximum atomic E-state index is 8.66. The van der Waals surface area contributed by atoms with Gasteiger partial charge in [-0.15, -0.1) is 0 Å². The van der Waals surface area contributed by atoms with E-state index in [0.29, 0.717) is 16.5 Å². The van der Waals surface area contributed by atoms with Gasteiger partial charge in [0.15, 0.2) is 0 Å². The molecule has 0 aliphatic carbocycles. The number of halogens is 1. The van der Waals surface area contributed by atoms with E-state index >= 15 is 0 Å². The number of rotatable bonds is 3. The molecule has 0 saturated heterocycles. The molecular formula is C14H12ClNO2. The van der Waals surface area contributed by atoms with Gasteiger partial charge < -0.3 is 9.94 Å². The van der Waals surface area contributed by atoms with Crippen LogP contribution in [-0.4, -0.2) is 10.9 Å². The van der Waals surface area contributed by atoms with Crippen molar-refractivity contribution in [2.75, 3.05) is 0 Å². The summed E-state index contributed by atoms with van der Waals surface area (Å²) >= 11 is 5.79. The standard InChI is InChI=1S/C14H12ClNO2/c1-10(16-17)11-2-6-13(7-3-11)18-14-8-4-12(15)5-9-14/h2-9,17H,1H3/b16-10+. The predicted molar refractivity (Wildman–Crippen MR) is 72.0 cm³/mol. The summed E-state index contributed by atoms with van der Waals surface area (Å²) in [5, 5.41) is 12.5. The van der Waals surface area contributed by atoms with E-state index in [-0.39, 0.29) is 0 Å². The topological polar surface area (TPSA) is 41.8 Å². The molecule has 2 rings (SSSR count). The van der Waals surface area contributed by atoms with Crippen molar-refractivity contribution < 1.29 is 9.94 Å². The third-order valence-electron chi connectivity index (χ3n) is 2.47. The minimum atomic E-state index is 0.563. The molecule has 0 saturated carbocycles. The van der Waals surface area contributed by atoms with Crippen molar-refractivity contribution in [3.05, 3.63) is 59.1 Å². The third kappa shape index (κ3) is 3.02. The maximum absolute atomic E-state index is 8.66. The zero-order valence-electron chi connectivity index (χ0n) is 9.80. The van der Waals surface area contributed by atoms with Gasteiger partial charge in [-0.2, -0.15) is 0 Å². The highest BCUT2D eigenvalue weighted by atomic mass is 35.5. The second kappa shape index (κ2) is 5.56. The number of benzene rings is 2. The first-order valence-electron chi connectivity index (χ1n) is 5.41. The van der Waals surface area contributed by atoms with Gasteiger partial charge in [0.2, 0.25) is 0 Å². The third-order valence-corrected chi connectivity index (χ3v) is 2.72. The summed E-state index contributed by atoms with van der Waals surface area (Å²) in [5.74, 6) is 1.44. The molecule has 0 fully saturated rings. The Kier molecular flexibility index (Phi) is 3.85. The fraction of sp³-hybridized carbons (Fsp3) is 0.0714. The normalized spacial score (nSPS) is 11.3. The monoisotopic (exact) mass is 261 g/mol. The van der Waals surface area contributed by atoms with Gasteiger partial charge in [-0.25, -0.2) is 0 Å². The highest BCUT2D eigenvalue weighted by Gasteiger charge is 2.00. The molecule has 0 aromatic heterocycles. The van der Waals surface area contributed by atoms with Crippen molar-refractivity contribution in [3.8, 4) is 11.5 Å². The number of ether oxygens (including phenoxy) is 1. The van der Waals surface area contributed by atoms with Crippen LogP contribution in [0.5, 0.6) is 11.5 Å². The Morgan fingerprint density at radius 1 is 1.00 bits per heavy atom. The average molecular weight is 262 g/mol. The molecule has 0 heterocycles. The number of hydrogen-bond donors (Lipinski definition) is 1. The second-order valence-corrected chi connectivity index (χ2v) is 4.20. The number of oxime groups is 1. The minimum absolute atomic E-state index is 0.563. The van der Waals surface area contributed by atoms with Gasteiger partial charge in [0.1, 0.15) is 11.5 Å². The molecule has 1 N–H and O–H groups in total. The van der Waals surface area contributed by atoms with Gasteiger partial charge in [0, 0.05) is 5.02 Å². The molecule has 0 atom stereocenters. The van der Waals surface area contributed by atoms with Gasteiger partial charge in [-0.3, -0.25) is 0 Å². The van der Waals surface area contributed by atoms with Crippen molar-refractivity contribution in [2.45, 2.75) is 6.92 Å². The first-order chi connectivity index (χ1) is 8.69. The molecule has 0 bridgehead atoms. The van der Waals surface area contributed by atoms with Crippen LogP contribution in [0.1, 0.15) is 12.5 Å². The molecule has 0 amide bonds. The summed E-state index contributed by atoms with van der Waals surface area (Å²) in [6.45, 7) is 1.73. The van der Waals surface area contributed by atoms with Crippen LogP contribution in [0, 0.1) is 0 Å². The zero-order valence-corrected chi connectivity index (χ0v) is 10.6. The summed E-state index contributed by atoms with van der Waals surface area (Å²) in [4.78, 5) is 0. The molecule has 0 unspecified atom stereocenters. The van der Waals surface area contributed by atoms with Crippen molar-refractivity contribution in [2.24, 2.45) is 5.16 Å². The lowest BCUT2D eigenvalue weighted by Crippen LogP contribution is -1.93. The maximum Gasteiger partial charge on any atom is 0.127 e. The molecule has 92 valence electrons. The number of nitrogens with zero attached hydrogens (tertiary/aromatic N) is 1. The van der Waals surface area contributed by atoms with Crippen LogP contribution in [0.4, 0.5) is 0 Å². The van der Waals surface area contributed by atoms with Crippen LogP contribution in [0.25, 0.3) is 0 Å². The second-order valence-electron chi connectivity index (χ2n) is 3.77. The summed E-state index contributed by atoms with van der Waals surface area (Å²) in [6, 6.07) is 14.5. The molecule has 3 nitrogen and oxygen atoms in total. The van der Waals surface area contributed by atoms with Crippen molar-refractivity contribution in [1.29, 1.82) is 0 Å². The lowest BCUT2D eigenvalue weighted by Gasteiger charge is -2.06. The van der Waals surface area contributed by atoms with Crippen LogP contribution in [0.3, 0.4) is 0 Å². The van der Waals surface area contributed by atoms with Gasteiger partial charge in [-0.05, 0) is 61.0 Å². The Morgan fingerprint density at radius 2 is 1.50 bits per heavy atom. The summed E-state index contributed by atoms with van der Waals surface area (Å²) < 4.78 is 5.64. The van der Waals surface area contributed by atoms with Crippen LogP contribution in [-0.2, 0) is 0 Å². The lowest BCUT2D eigenvalue weighted by atomic mass is 10.1. The summed E-state index contributed by atoms with van der Waals surface area (Å²) in [6.07, 6.45) is 0. The van der Waals surface area contributed by atoms with Crippen molar-refractivity contribution in [3.63, 3.8) is 0 Å². The number of hydrogen-bond acceptors (Lipinski definition) is 3. The van der Waals surface area contributed by atoms with Crippen molar-refractivity contribution >= 4 is 17.3 Å². The van der Waals surface area contributed by atoms with E-state index in [2.05, 4.69) is 5.16 Å². The first-order valence-corrected chi connectivity index (χ1v) is 5.79. The Bertz CT molecular complexity index is 547. The predicted octanol–water partition coefficient (Wildman–Crippen LogP) is 4.33. The van der Waals surface area contributed by atoms with E-state index < -0.39 is 0 Å². The van der Waals surface area contributed by atoms with Crippen LogP contribution in [0.2, 0.25) is 5.02 Å². The smallest absolute Gasteiger partial charge is 0.127 e. The van der Waals surface area contributed by atoms with E-state index in [9.17, 15) is 0 Å². The van der Waals surface area contributed by atoms with E-state index in [1.54, 1.807) is 31.2 Å². The van der Waals surface area contributed by atoms with Gasteiger partial charge in [0.05, 0.1) is 5.71 Å². The quantitative estimate of drug-likeness (QED) is 0.508. The fourth-order valence-corrected chi connectivity index (χ4v) is 1.59. The first kappa shape index (κ1) is 12.5. The average Bonchev–Trinajstić information content (AvgIpc) is 2.41. The summed E-state index contributed by atoms with van der Waals surface area (Å²) in [7, 11) is 0. The zero-order chi connectivity index (χ0) is 13.0. The Labute approximate surface area is 110 Å². The van der Waals surface area contributed by atoms with Gasteiger partial charge in [-0.1, -0.05) is 16.8 Å². The largest absolute Gasteiger partial charge is 0.457 e. The molecule has 18 heavy (non-hydrogen) atoms. The molecular weight excluding hydrogens is 250 g/mol. The minimum Gasteiger partial charge on any atom is -0.457 e. The lowest BCUT2D eigenvalue weighted by molar-refractivity contribution is 0.319. The highest BCUT2D eigenvalue weighted by molar-refractivity contribution is 6.30. The van der Waals surface area contributed by atoms with Crippen LogP contribution in [0.15, 0.2) is 53.7 Å². The van der Waals surface area contributed by atoms with Crippen LogP contribution >= 0.6 is 11.6 Å². The van der Waals surface area contributed by atoms with Crippen molar-refractivity contribution in [1.82, 2.24) is 0 Å². The molecule has 0 aliphatic heterocycles. The van der Waals surface area contributed by atoms with E-state index in [1.165, 1.54) is 0 Å².